The lowest BCUT2D eigenvalue weighted by Gasteiger charge is -2.65. The zero-order valence-corrected chi connectivity index (χ0v) is 25.1. The van der Waals surface area contributed by atoms with E-state index >= 15 is 0 Å². The van der Waals surface area contributed by atoms with E-state index in [1.807, 2.05) is 0 Å². The largest absolute Gasteiger partial charge is 0.465 e. The monoisotopic (exact) mass is 526 g/mol. The summed E-state index contributed by atoms with van der Waals surface area (Å²) in [6.45, 7) is 14.5. The number of aliphatic hydroxyl groups is 1. The number of esters is 1. The highest BCUT2D eigenvalue weighted by molar-refractivity contribution is 5.95. The van der Waals surface area contributed by atoms with E-state index in [4.69, 9.17) is 4.74 Å². The van der Waals surface area contributed by atoms with Gasteiger partial charge in [-0.25, -0.2) is 0 Å². The van der Waals surface area contributed by atoms with Crippen molar-refractivity contribution in [3.63, 3.8) is 0 Å². The van der Waals surface area contributed by atoms with Gasteiger partial charge in [-0.3, -0.25) is 9.59 Å². The Bertz CT molecular complexity index is 952. The van der Waals surface area contributed by atoms with Crippen LogP contribution >= 0.6 is 0 Å². The maximum atomic E-state index is 14.2. The minimum Gasteiger partial charge on any atom is -0.465 e. The van der Waals surface area contributed by atoms with E-state index in [-0.39, 0.29) is 46.1 Å². The quantitative estimate of drug-likeness (QED) is 0.287. The molecule has 6 unspecified atom stereocenters. The fourth-order valence-electron chi connectivity index (χ4n) is 10.5. The summed E-state index contributed by atoms with van der Waals surface area (Å²) in [5, 5.41) is 10.6. The van der Waals surface area contributed by atoms with Gasteiger partial charge in [0.1, 0.15) is 0 Å². The Kier molecular flexibility index (Phi) is 7.73. The standard InChI is InChI=1S/C34H54O4/c1-21(2)9-7-8-18-38-31(37)23-10-14-32(4)15-11-26-24(27(32)19-23)20-29(36)30-33(5)17-13-28(35)22(3)25(33)12-16-34(26,30)6/h20-23,25-28,30,35H,7-19H2,1-6H3/t22-,23?,25?,26?,27?,28?,30?,32-,33+,34+/m1/s1. The molecule has 0 heterocycles. The Labute approximate surface area is 231 Å². The van der Waals surface area contributed by atoms with Gasteiger partial charge in [0.2, 0.25) is 0 Å². The molecular weight excluding hydrogens is 472 g/mol. The summed E-state index contributed by atoms with van der Waals surface area (Å²) in [5.74, 6) is 2.49. The van der Waals surface area contributed by atoms with Crippen LogP contribution < -0.4 is 0 Å². The van der Waals surface area contributed by atoms with Crippen molar-refractivity contribution in [2.45, 2.75) is 125 Å². The molecule has 214 valence electrons. The van der Waals surface area contributed by atoms with Gasteiger partial charge in [-0.2, -0.15) is 0 Å². The highest BCUT2D eigenvalue weighted by Gasteiger charge is 2.64. The fourth-order valence-corrected chi connectivity index (χ4v) is 10.5. The first-order chi connectivity index (χ1) is 17.9. The third-order valence-electron chi connectivity index (χ3n) is 12.8. The van der Waals surface area contributed by atoms with Crippen molar-refractivity contribution in [2.75, 3.05) is 6.61 Å². The Morgan fingerprint density at radius 3 is 2.45 bits per heavy atom. The highest BCUT2D eigenvalue weighted by Crippen LogP contribution is 2.69. The molecule has 4 fully saturated rings. The number of ketones is 1. The first-order valence-corrected chi connectivity index (χ1v) is 16.0. The molecule has 4 nitrogen and oxygen atoms in total. The summed E-state index contributed by atoms with van der Waals surface area (Å²) in [5.41, 5.74) is 1.52. The Morgan fingerprint density at radius 2 is 1.71 bits per heavy atom. The maximum absolute atomic E-state index is 14.2. The molecule has 4 heteroatoms. The molecule has 38 heavy (non-hydrogen) atoms. The van der Waals surface area contributed by atoms with Crippen LogP contribution in [0.15, 0.2) is 11.6 Å². The van der Waals surface area contributed by atoms with Crippen LogP contribution in [0.3, 0.4) is 0 Å². The molecule has 0 saturated heterocycles. The SMILES string of the molecule is CC(C)CCCCOC(=O)C1CC[C@]2(C)CCC3C(=CC(=O)C4[C@@]3(C)CCC3[C@@H](C)C(O)CC[C@@]34C)C2C1. The second kappa shape index (κ2) is 10.3. The fraction of sp³-hybridized carbons (Fsp3) is 0.882. The molecular formula is C34H54O4. The van der Waals surface area contributed by atoms with Gasteiger partial charge in [-0.05, 0) is 123 Å². The molecule has 5 aliphatic carbocycles. The van der Waals surface area contributed by atoms with E-state index in [2.05, 4.69) is 47.6 Å². The number of ether oxygens (including phenoxy) is 1. The summed E-state index contributed by atoms with van der Waals surface area (Å²) < 4.78 is 5.78. The van der Waals surface area contributed by atoms with Crippen LogP contribution in [0.25, 0.3) is 0 Å². The Balaban J connectivity index is 1.35. The van der Waals surface area contributed by atoms with Crippen LogP contribution in [0.4, 0.5) is 0 Å². The zero-order valence-electron chi connectivity index (χ0n) is 25.1. The number of allylic oxidation sites excluding steroid dienone is 2. The first kappa shape index (κ1) is 28.4. The smallest absolute Gasteiger partial charge is 0.308 e. The molecule has 0 aliphatic heterocycles. The number of fused-ring (bicyclic) bond motifs is 7. The maximum Gasteiger partial charge on any atom is 0.308 e. The molecule has 0 aromatic heterocycles. The summed E-state index contributed by atoms with van der Waals surface area (Å²) in [6.07, 6.45) is 14.3. The zero-order chi connectivity index (χ0) is 27.5. The van der Waals surface area contributed by atoms with Gasteiger partial charge < -0.3 is 9.84 Å². The van der Waals surface area contributed by atoms with E-state index in [1.165, 1.54) is 24.8 Å². The van der Waals surface area contributed by atoms with E-state index in [0.717, 1.165) is 57.8 Å². The third kappa shape index (κ3) is 4.63. The molecule has 0 bridgehead atoms. The number of rotatable bonds is 6. The molecule has 0 amide bonds. The Hall–Kier alpha value is -1.16. The van der Waals surface area contributed by atoms with Gasteiger partial charge in [-0.15, -0.1) is 0 Å². The van der Waals surface area contributed by atoms with Crippen LogP contribution in [0.1, 0.15) is 119 Å². The summed E-state index contributed by atoms with van der Waals surface area (Å²) >= 11 is 0. The number of carbonyl (C=O) groups is 2. The van der Waals surface area contributed by atoms with Crippen LogP contribution in [-0.2, 0) is 14.3 Å². The van der Waals surface area contributed by atoms with Crippen molar-refractivity contribution < 1.29 is 19.4 Å². The molecule has 10 atom stereocenters. The van der Waals surface area contributed by atoms with Crippen molar-refractivity contribution in [1.82, 2.24) is 0 Å². The van der Waals surface area contributed by atoms with Crippen molar-refractivity contribution >= 4 is 11.8 Å². The van der Waals surface area contributed by atoms with Crippen LogP contribution in [0.5, 0.6) is 0 Å². The molecule has 1 N–H and O–H groups in total. The normalized spacial score (nSPS) is 46.4. The lowest BCUT2D eigenvalue weighted by molar-refractivity contribution is -0.169. The summed E-state index contributed by atoms with van der Waals surface area (Å²) in [7, 11) is 0. The molecule has 5 rings (SSSR count). The minimum absolute atomic E-state index is 0.00619. The number of hydrogen-bond acceptors (Lipinski definition) is 4. The summed E-state index contributed by atoms with van der Waals surface area (Å²) in [6, 6.07) is 0. The Morgan fingerprint density at radius 1 is 1.00 bits per heavy atom. The van der Waals surface area contributed by atoms with E-state index < -0.39 is 0 Å². The molecule has 5 aliphatic rings. The first-order valence-electron chi connectivity index (χ1n) is 16.0. The van der Waals surface area contributed by atoms with Crippen molar-refractivity contribution in [3.05, 3.63) is 11.6 Å². The second-order valence-corrected chi connectivity index (χ2v) is 15.4. The van der Waals surface area contributed by atoms with Gasteiger partial charge in [-0.1, -0.05) is 53.5 Å². The molecule has 0 radical (unpaired) electrons. The van der Waals surface area contributed by atoms with Crippen LogP contribution in [0, 0.1) is 57.7 Å². The highest BCUT2D eigenvalue weighted by atomic mass is 16.5. The van der Waals surface area contributed by atoms with E-state index in [1.54, 1.807) is 0 Å². The van der Waals surface area contributed by atoms with E-state index in [9.17, 15) is 14.7 Å². The van der Waals surface area contributed by atoms with E-state index in [0.29, 0.717) is 36.1 Å². The number of hydrogen-bond donors (Lipinski definition) is 1. The van der Waals surface area contributed by atoms with Gasteiger partial charge in [0, 0.05) is 5.92 Å². The predicted octanol–water partition coefficient (Wildman–Crippen LogP) is 7.53. The topological polar surface area (TPSA) is 63.6 Å². The predicted molar refractivity (Wildman–Crippen MR) is 151 cm³/mol. The minimum atomic E-state index is -0.230. The number of unbranched alkanes of at least 4 members (excludes halogenated alkanes) is 1. The third-order valence-corrected chi connectivity index (χ3v) is 12.8. The van der Waals surface area contributed by atoms with Gasteiger partial charge >= 0.3 is 5.97 Å². The molecule has 0 aromatic carbocycles. The molecule has 0 aromatic rings. The second-order valence-electron chi connectivity index (χ2n) is 15.4. The summed E-state index contributed by atoms with van der Waals surface area (Å²) in [4.78, 5) is 27.3. The number of carbonyl (C=O) groups excluding carboxylic acids is 2. The van der Waals surface area contributed by atoms with Gasteiger partial charge in [0.15, 0.2) is 5.78 Å². The van der Waals surface area contributed by atoms with Crippen molar-refractivity contribution in [1.29, 1.82) is 0 Å². The van der Waals surface area contributed by atoms with Crippen molar-refractivity contribution in [3.8, 4) is 0 Å². The van der Waals surface area contributed by atoms with Crippen LogP contribution in [0.2, 0.25) is 0 Å². The van der Waals surface area contributed by atoms with Crippen LogP contribution in [-0.4, -0.2) is 29.6 Å². The number of aliphatic hydroxyl groups excluding tert-OH is 1. The van der Waals surface area contributed by atoms with Gasteiger partial charge in [0.25, 0.3) is 0 Å². The van der Waals surface area contributed by atoms with Crippen molar-refractivity contribution in [2.24, 2.45) is 57.7 Å². The average Bonchev–Trinajstić information content (AvgIpc) is 2.85. The lowest BCUT2D eigenvalue weighted by Crippen LogP contribution is -2.61. The lowest BCUT2D eigenvalue weighted by atomic mass is 9.38. The molecule has 0 spiro atoms. The molecule has 4 saturated carbocycles. The average molecular weight is 527 g/mol. The van der Waals surface area contributed by atoms with Gasteiger partial charge in [0.05, 0.1) is 18.6 Å².